The Balaban J connectivity index is 2.02. The molecule has 0 spiro atoms. The Morgan fingerprint density at radius 1 is 1.38 bits per heavy atom. The molecule has 1 aromatic rings. The van der Waals surface area contributed by atoms with E-state index in [-0.39, 0.29) is 0 Å². The van der Waals surface area contributed by atoms with Crippen molar-refractivity contribution in [2.75, 3.05) is 13.1 Å². The third-order valence-corrected chi connectivity index (χ3v) is 6.23. The minimum absolute atomic E-state index is 0.669. The van der Waals surface area contributed by atoms with Crippen LogP contribution in [-0.2, 0) is 0 Å². The third-order valence-electron chi connectivity index (χ3n) is 4.74. The van der Waals surface area contributed by atoms with Crippen LogP contribution in [0.3, 0.4) is 0 Å². The average molecular weight is 328 g/mol. The molecule has 1 aromatic heterocycles. The van der Waals surface area contributed by atoms with E-state index in [1.165, 1.54) is 37.0 Å². The largest absolute Gasteiger partial charge is 0.316 e. The predicted molar refractivity (Wildman–Crippen MR) is 95.5 cm³/mol. The van der Waals surface area contributed by atoms with Crippen LogP contribution in [0.5, 0.6) is 0 Å². The number of halogens is 1. The summed E-state index contributed by atoms with van der Waals surface area (Å²) in [4.78, 5) is 1.44. The molecule has 1 aliphatic rings. The van der Waals surface area contributed by atoms with Crippen LogP contribution in [0, 0.1) is 17.8 Å². The van der Waals surface area contributed by atoms with E-state index in [1.807, 2.05) is 11.3 Å². The van der Waals surface area contributed by atoms with Gasteiger partial charge < -0.3 is 5.32 Å². The highest BCUT2D eigenvalue weighted by atomic mass is 35.5. The summed E-state index contributed by atoms with van der Waals surface area (Å²) in [5.41, 5.74) is 0. The average Bonchev–Trinajstić information content (AvgIpc) is 2.86. The van der Waals surface area contributed by atoms with Gasteiger partial charge in [-0.15, -0.1) is 11.3 Å². The Morgan fingerprint density at radius 3 is 2.81 bits per heavy atom. The number of nitrogens with one attached hydrogen (secondary N) is 1. The lowest BCUT2D eigenvalue weighted by atomic mass is 9.72. The standard InChI is InChI=1S/C18H30ClNS/c1-4-5-14-6-7-15(12-20-11-13(2)3)16(10-14)18-17(19)8-9-21-18/h8-9,13-16,20H,4-7,10-12H2,1-3H3. The maximum absolute atomic E-state index is 6.44. The van der Waals surface area contributed by atoms with Gasteiger partial charge in [0.1, 0.15) is 0 Å². The Hall–Kier alpha value is -0.0500. The van der Waals surface area contributed by atoms with E-state index >= 15 is 0 Å². The molecule has 3 heteroatoms. The summed E-state index contributed by atoms with van der Waals surface area (Å²) in [5, 5.41) is 6.82. The fourth-order valence-corrected chi connectivity index (χ4v) is 5.09. The van der Waals surface area contributed by atoms with Gasteiger partial charge in [-0.3, -0.25) is 0 Å². The topological polar surface area (TPSA) is 12.0 Å². The van der Waals surface area contributed by atoms with Crippen molar-refractivity contribution in [1.29, 1.82) is 0 Å². The minimum atomic E-state index is 0.669. The van der Waals surface area contributed by atoms with Gasteiger partial charge in [0.15, 0.2) is 0 Å². The van der Waals surface area contributed by atoms with E-state index in [0.29, 0.717) is 5.92 Å². The highest BCUT2D eigenvalue weighted by Crippen LogP contribution is 2.45. The van der Waals surface area contributed by atoms with Crippen LogP contribution in [0.15, 0.2) is 11.4 Å². The zero-order chi connectivity index (χ0) is 15.2. The molecule has 0 radical (unpaired) electrons. The zero-order valence-corrected chi connectivity index (χ0v) is 15.3. The monoisotopic (exact) mass is 327 g/mol. The van der Waals surface area contributed by atoms with Crippen LogP contribution in [0.2, 0.25) is 5.02 Å². The van der Waals surface area contributed by atoms with Crippen molar-refractivity contribution in [2.45, 2.75) is 58.8 Å². The number of thiophene rings is 1. The molecule has 21 heavy (non-hydrogen) atoms. The molecule has 3 unspecified atom stereocenters. The Bertz CT molecular complexity index is 415. The van der Waals surface area contributed by atoms with Gasteiger partial charge in [-0.1, -0.05) is 51.6 Å². The molecule has 1 N–H and O–H groups in total. The van der Waals surface area contributed by atoms with Gasteiger partial charge in [0, 0.05) is 4.88 Å². The van der Waals surface area contributed by atoms with E-state index in [0.717, 1.165) is 35.9 Å². The van der Waals surface area contributed by atoms with Crippen molar-refractivity contribution in [2.24, 2.45) is 17.8 Å². The first kappa shape index (κ1) is 17.3. The molecule has 1 aliphatic carbocycles. The van der Waals surface area contributed by atoms with Crippen molar-refractivity contribution in [3.05, 3.63) is 21.3 Å². The van der Waals surface area contributed by atoms with Crippen molar-refractivity contribution in [1.82, 2.24) is 5.32 Å². The lowest BCUT2D eigenvalue weighted by molar-refractivity contribution is 0.221. The van der Waals surface area contributed by atoms with Crippen molar-refractivity contribution >= 4 is 22.9 Å². The molecule has 0 aliphatic heterocycles. The molecular formula is C18H30ClNS. The number of hydrogen-bond acceptors (Lipinski definition) is 2. The summed E-state index contributed by atoms with van der Waals surface area (Å²) >= 11 is 8.30. The van der Waals surface area contributed by atoms with Crippen LogP contribution in [0.25, 0.3) is 0 Å². The predicted octanol–water partition coefficient (Wildman–Crippen LogP) is 5.95. The summed E-state index contributed by atoms with van der Waals surface area (Å²) in [7, 11) is 0. The molecule has 0 aromatic carbocycles. The second kappa shape index (κ2) is 8.55. The lowest BCUT2D eigenvalue weighted by Crippen LogP contribution is -2.33. The first-order valence-corrected chi connectivity index (χ1v) is 9.81. The smallest absolute Gasteiger partial charge is 0.0547 e. The molecule has 0 saturated heterocycles. The van der Waals surface area contributed by atoms with Crippen molar-refractivity contribution < 1.29 is 0 Å². The highest BCUT2D eigenvalue weighted by Gasteiger charge is 2.32. The Kier molecular flexibility index (Phi) is 7.04. The maximum atomic E-state index is 6.44. The quantitative estimate of drug-likeness (QED) is 0.652. The summed E-state index contributed by atoms with van der Waals surface area (Å²) in [6, 6.07) is 2.07. The molecule has 3 atom stereocenters. The molecule has 1 heterocycles. The van der Waals surface area contributed by atoms with E-state index in [1.54, 1.807) is 0 Å². The lowest BCUT2D eigenvalue weighted by Gasteiger charge is -2.36. The highest BCUT2D eigenvalue weighted by molar-refractivity contribution is 7.10. The van der Waals surface area contributed by atoms with Crippen LogP contribution < -0.4 is 5.32 Å². The number of rotatable bonds is 7. The molecule has 1 fully saturated rings. The maximum Gasteiger partial charge on any atom is 0.0547 e. The first-order valence-electron chi connectivity index (χ1n) is 8.55. The van der Waals surface area contributed by atoms with E-state index in [4.69, 9.17) is 11.6 Å². The van der Waals surface area contributed by atoms with Crippen molar-refractivity contribution in [3.63, 3.8) is 0 Å². The van der Waals surface area contributed by atoms with Gasteiger partial charge in [-0.05, 0) is 61.0 Å². The van der Waals surface area contributed by atoms with Crippen LogP contribution in [-0.4, -0.2) is 13.1 Å². The minimum Gasteiger partial charge on any atom is -0.316 e. The van der Waals surface area contributed by atoms with E-state index in [2.05, 4.69) is 37.5 Å². The summed E-state index contributed by atoms with van der Waals surface area (Å²) in [5.74, 6) is 3.06. The summed E-state index contributed by atoms with van der Waals surface area (Å²) in [6.45, 7) is 9.14. The SMILES string of the molecule is CCCC1CCC(CNCC(C)C)C(c2sccc2Cl)C1. The fraction of sp³-hybridized carbons (Fsp3) is 0.778. The van der Waals surface area contributed by atoms with Crippen LogP contribution in [0.4, 0.5) is 0 Å². The second-order valence-corrected chi connectivity index (χ2v) is 8.37. The van der Waals surface area contributed by atoms with Crippen molar-refractivity contribution in [3.8, 4) is 0 Å². The summed E-state index contributed by atoms with van der Waals surface area (Å²) < 4.78 is 0. The van der Waals surface area contributed by atoms with E-state index < -0.39 is 0 Å². The summed E-state index contributed by atoms with van der Waals surface area (Å²) in [6.07, 6.45) is 6.79. The molecule has 120 valence electrons. The zero-order valence-electron chi connectivity index (χ0n) is 13.7. The van der Waals surface area contributed by atoms with Crippen LogP contribution in [0.1, 0.15) is 63.7 Å². The Morgan fingerprint density at radius 2 is 2.19 bits per heavy atom. The van der Waals surface area contributed by atoms with Gasteiger partial charge >= 0.3 is 0 Å². The van der Waals surface area contributed by atoms with Crippen LogP contribution >= 0.6 is 22.9 Å². The normalized spacial score (nSPS) is 26.4. The molecule has 0 amide bonds. The van der Waals surface area contributed by atoms with Gasteiger partial charge in [0.05, 0.1) is 5.02 Å². The Labute approximate surface area is 139 Å². The van der Waals surface area contributed by atoms with Gasteiger partial charge in [0.25, 0.3) is 0 Å². The first-order chi connectivity index (χ1) is 10.1. The van der Waals surface area contributed by atoms with E-state index in [9.17, 15) is 0 Å². The van der Waals surface area contributed by atoms with Gasteiger partial charge in [-0.25, -0.2) is 0 Å². The third kappa shape index (κ3) is 4.97. The number of hydrogen-bond donors (Lipinski definition) is 1. The molecule has 1 saturated carbocycles. The molecule has 0 bridgehead atoms. The second-order valence-electron chi connectivity index (χ2n) is 7.02. The van der Waals surface area contributed by atoms with Gasteiger partial charge in [0.2, 0.25) is 0 Å². The molecule has 1 nitrogen and oxygen atoms in total. The fourth-order valence-electron chi connectivity index (χ4n) is 3.68. The molecular weight excluding hydrogens is 298 g/mol. The van der Waals surface area contributed by atoms with Gasteiger partial charge in [-0.2, -0.15) is 0 Å². The molecule has 2 rings (SSSR count).